The molecule has 142 valence electrons. The minimum atomic E-state index is -0.0638. The first-order valence-corrected chi connectivity index (χ1v) is 9.92. The van der Waals surface area contributed by atoms with Crippen LogP contribution in [0, 0.1) is 0 Å². The van der Waals surface area contributed by atoms with Gasteiger partial charge in [-0.1, -0.05) is 18.9 Å². The van der Waals surface area contributed by atoms with E-state index in [1.807, 2.05) is 12.3 Å². The van der Waals surface area contributed by atoms with Crippen LogP contribution < -0.4 is 5.32 Å². The first kappa shape index (κ1) is 18.8. The lowest BCUT2D eigenvalue weighted by Gasteiger charge is -2.35. The molecule has 3 rings (SSSR count). The van der Waals surface area contributed by atoms with Gasteiger partial charge in [-0.3, -0.25) is 19.5 Å². The van der Waals surface area contributed by atoms with Gasteiger partial charge in [0.2, 0.25) is 11.8 Å². The molecule has 0 aliphatic carbocycles. The quantitative estimate of drug-likeness (QED) is 0.846. The molecule has 0 aromatic carbocycles. The third kappa shape index (κ3) is 5.27. The van der Waals surface area contributed by atoms with Gasteiger partial charge >= 0.3 is 0 Å². The summed E-state index contributed by atoms with van der Waals surface area (Å²) in [7, 11) is 0. The van der Waals surface area contributed by atoms with Gasteiger partial charge in [0.25, 0.3) is 0 Å². The fraction of sp³-hybridized carbons (Fsp3) is 0.650. The van der Waals surface area contributed by atoms with Crippen molar-refractivity contribution in [2.45, 2.75) is 51.0 Å². The summed E-state index contributed by atoms with van der Waals surface area (Å²) in [5, 5.41) is 3.06. The van der Waals surface area contributed by atoms with Gasteiger partial charge in [0.15, 0.2) is 0 Å². The van der Waals surface area contributed by atoms with Crippen LogP contribution in [0.5, 0.6) is 0 Å². The number of hydrogen-bond acceptors (Lipinski definition) is 4. The van der Waals surface area contributed by atoms with E-state index in [1.54, 1.807) is 11.1 Å². The maximum Gasteiger partial charge on any atom is 0.239 e. The molecule has 1 unspecified atom stereocenters. The second kappa shape index (κ2) is 9.67. The molecule has 2 aliphatic heterocycles. The Kier molecular flexibility index (Phi) is 7.00. The second-order valence-electron chi connectivity index (χ2n) is 7.33. The van der Waals surface area contributed by atoms with Crippen LogP contribution >= 0.6 is 0 Å². The van der Waals surface area contributed by atoms with E-state index in [0.29, 0.717) is 19.5 Å². The summed E-state index contributed by atoms with van der Waals surface area (Å²) in [6.07, 6.45) is 10.9. The molecule has 2 fully saturated rings. The topological polar surface area (TPSA) is 65.5 Å². The van der Waals surface area contributed by atoms with Crippen molar-refractivity contribution in [1.82, 2.24) is 20.1 Å². The largest absolute Gasteiger partial charge is 0.353 e. The second-order valence-corrected chi connectivity index (χ2v) is 7.33. The Morgan fingerprint density at radius 1 is 1.12 bits per heavy atom. The van der Waals surface area contributed by atoms with Crippen LogP contribution in [-0.4, -0.2) is 59.3 Å². The maximum absolute atomic E-state index is 12.4. The predicted octanol–water partition coefficient (Wildman–Crippen LogP) is 2.13. The molecule has 3 heterocycles. The van der Waals surface area contributed by atoms with Crippen LogP contribution in [0.2, 0.25) is 0 Å². The lowest BCUT2D eigenvalue weighted by atomic mass is 10.0. The van der Waals surface area contributed by atoms with Gasteiger partial charge in [0.05, 0.1) is 12.6 Å². The van der Waals surface area contributed by atoms with E-state index in [4.69, 9.17) is 0 Å². The third-order valence-corrected chi connectivity index (χ3v) is 5.40. The zero-order valence-electron chi connectivity index (χ0n) is 15.5. The fourth-order valence-corrected chi connectivity index (χ4v) is 3.91. The van der Waals surface area contributed by atoms with E-state index >= 15 is 0 Å². The lowest BCUT2D eigenvalue weighted by molar-refractivity contribution is -0.135. The Labute approximate surface area is 156 Å². The standard InChI is InChI=1S/C20H30N4O2/c25-19(16-24-13-4-1-3-9-20(24)26)22-15-18(17-8-7-10-21-14-17)23-11-5-2-6-12-23/h7-8,10,14,18H,1-6,9,11-13,15-16H2,(H,22,25). The summed E-state index contributed by atoms with van der Waals surface area (Å²) in [6, 6.07) is 4.17. The van der Waals surface area contributed by atoms with Crippen LogP contribution in [-0.2, 0) is 9.59 Å². The molecular formula is C20H30N4O2. The van der Waals surface area contributed by atoms with Crippen LogP contribution in [0.4, 0.5) is 0 Å². The van der Waals surface area contributed by atoms with Gasteiger partial charge in [-0.15, -0.1) is 0 Å². The predicted molar refractivity (Wildman–Crippen MR) is 100 cm³/mol. The van der Waals surface area contributed by atoms with Crippen molar-refractivity contribution in [1.29, 1.82) is 0 Å². The van der Waals surface area contributed by atoms with Gasteiger partial charge < -0.3 is 10.2 Å². The molecule has 1 aromatic heterocycles. The van der Waals surface area contributed by atoms with Crippen LogP contribution in [0.15, 0.2) is 24.5 Å². The zero-order chi connectivity index (χ0) is 18.2. The average molecular weight is 358 g/mol. The van der Waals surface area contributed by atoms with E-state index in [0.717, 1.165) is 37.9 Å². The van der Waals surface area contributed by atoms with Gasteiger partial charge in [0.1, 0.15) is 0 Å². The number of hydrogen-bond donors (Lipinski definition) is 1. The highest BCUT2D eigenvalue weighted by molar-refractivity contribution is 5.84. The minimum Gasteiger partial charge on any atom is -0.353 e. The molecule has 6 heteroatoms. The number of nitrogens with one attached hydrogen (secondary N) is 1. The van der Waals surface area contributed by atoms with Gasteiger partial charge in [0, 0.05) is 31.9 Å². The highest BCUT2D eigenvalue weighted by Crippen LogP contribution is 2.23. The number of amides is 2. The van der Waals surface area contributed by atoms with E-state index < -0.39 is 0 Å². The van der Waals surface area contributed by atoms with E-state index in [-0.39, 0.29) is 24.4 Å². The molecule has 1 atom stereocenters. The molecule has 2 aliphatic rings. The Morgan fingerprint density at radius 2 is 1.88 bits per heavy atom. The number of carbonyl (C=O) groups is 2. The number of carbonyl (C=O) groups excluding carboxylic acids is 2. The monoisotopic (exact) mass is 358 g/mol. The van der Waals surface area contributed by atoms with E-state index in [9.17, 15) is 9.59 Å². The molecule has 0 spiro atoms. The molecule has 2 saturated heterocycles. The molecule has 1 aromatic rings. The summed E-state index contributed by atoms with van der Waals surface area (Å²) in [6.45, 7) is 3.55. The summed E-state index contributed by atoms with van der Waals surface area (Å²) in [4.78, 5) is 32.9. The molecule has 6 nitrogen and oxygen atoms in total. The number of aromatic nitrogens is 1. The van der Waals surface area contributed by atoms with Crippen LogP contribution in [0.1, 0.15) is 56.6 Å². The summed E-state index contributed by atoms with van der Waals surface area (Å²) < 4.78 is 0. The number of pyridine rings is 1. The molecule has 2 amide bonds. The smallest absolute Gasteiger partial charge is 0.239 e. The Hall–Kier alpha value is -1.95. The molecule has 26 heavy (non-hydrogen) atoms. The Bertz CT molecular complexity index is 587. The van der Waals surface area contributed by atoms with Crippen molar-refractivity contribution in [3.8, 4) is 0 Å². The fourth-order valence-electron chi connectivity index (χ4n) is 3.91. The van der Waals surface area contributed by atoms with E-state index in [1.165, 1.54) is 19.3 Å². The Morgan fingerprint density at radius 3 is 2.65 bits per heavy atom. The highest BCUT2D eigenvalue weighted by Gasteiger charge is 2.24. The van der Waals surface area contributed by atoms with Crippen LogP contribution in [0.25, 0.3) is 0 Å². The number of piperidine rings is 1. The van der Waals surface area contributed by atoms with Gasteiger partial charge in [-0.05, 0) is 50.4 Å². The summed E-state index contributed by atoms with van der Waals surface area (Å²) >= 11 is 0. The number of rotatable bonds is 6. The van der Waals surface area contributed by atoms with E-state index in [2.05, 4.69) is 21.3 Å². The SMILES string of the molecule is O=C(CN1CCCCCC1=O)NCC(c1cccnc1)N1CCCCC1. The first-order chi connectivity index (χ1) is 12.7. The molecular weight excluding hydrogens is 328 g/mol. The van der Waals surface area contributed by atoms with Crippen molar-refractivity contribution in [3.63, 3.8) is 0 Å². The molecule has 0 saturated carbocycles. The molecule has 0 radical (unpaired) electrons. The normalized spacial score (nSPS) is 20.5. The minimum absolute atomic E-state index is 0.0638. The highest BCUT2D eigenvalue weighted by atomic mass is 16.2. The maximum atomic E-state index is 12.4. The Balaban J connectivity index is 1.58. The van der Waals surface area contributed by atoms with Crippen molar-refractivity contribution in [2.24, 2.45) is 0 Å². The number of nitrogens with zero attached hydrogens (tertiary/aromatic N) is 3. The van der Waals surface area contributed by atoms with Crippen molar-refractivity contribution >= 4 is 11.8 Å². The van der Waals surface area contributed by atoms with Crippen molar-refractivity contribution < 1.29 is 9.59 Å². The first-order valence-electron chi connectivity index (χ1n) is 9.92. The van der Waals surface area contributed by atoms with Crippen molar-refractivity contribution in [2.75, 3.05) is 32.7 Å². The lowest BCUT2D eigenvalue weighted by Crippen LogP contribution is -2.44. The third-order valence-electron chi connectivity index (χ3n) is 5.40. The summed E-state index contributed by atoms with van der Waals surface area (Å²) in [5.41, 5.74) is 1.14. The van der Waals surface area contributed by atoms with Crippen LogP contribution in [0.3, 0.4) is 0 Å². The summed E-state index contributed by atoms with van der Waals surface area (Å²) in [5.74, 6) is 0.0450. The molecule has 0 bridgehead atoms. The molecule has 1 N–H and O–H groups in total. The van der Waals surface area contributed by atoms with Crippen molar-refractivity contribution in [3.05, 3.63) is 30.1 Å². The zero-order valence-corrected chi connectivity index (χ0v) is 15.5. The number of likely N-dealkylation sites (tertiary alicyclic amines) is 2. The van der Waals surface area contributed by atoms with Gasteiger partial charge in [-0.2, -0.15) is 0 Å². The average Bonchev–Trinajstić information content (AvgIpc) is 2.88. The van der Waals surface area contributed by atoms with Gasteiger partial charge in [-0.25, -0.2) is 0 Å².